The summed E-state index contributed by atoms with van der Waals surface area (Å²) in [4.78, 5) is 1.49. The molecule has 3 rings (SSSR count). The van der Waals surface area contributed by atoms with E-state index in [0.717, 1.165) is 19.4 Å². The van der Waals surface area contributed by atoms with E-state index in [1.165, 1.54) is 42.1 Å². The van der Waals surface area contributed by atoms with Crippen LogP contribution in [0, 0.1) is 5.92 Å². The van der Waals surface area contributed by atoms with E-state index >= 15 is 0 Å². The second-order valence-electron chi connectivity index (χ2n) is 6.22. The van der Waals surface area contributed by atoms with Crippen LogP contribution in [-0.2, 0) is 11.2 Å². The van der Waals surface area contributed by atoms with Crippen LogP contribution in [0.3, 0.4) is 0 Å². The van der Waals surface area contributed by atoms with Crippen LogP contribution in [0.2, 0.25) is 0 Å². The first kappa shape index (κ1) is 14.9. The lowest BCUT2D eigenvalue weighted by atomic mass is 9.80. The summed E-state index contributed by atoms with van der Waals surface area (Å²) in [5, 5.41) is 2.16. The molecule has 112 valence electrons. The van der Waals surface area contributed by atoms with Gasteiger partial charge in [0.05, 0.1) is 5.60 Å². The smallest absolute Gasteiger partial charge is 0.0783 e. The topological polar surface area (TPSA) is 35.2 Å². The molecule has 2 nitrogen and oxygen atoms in total. The zero-order valence-corrected chi connectivity index (χ0v) is 13.7. The molecule has 0 radical (unpaired) electrons. The van der Waals surface area contributed by atoms with Gasteiger partial charge in [-0.15, -0.1) is 11.3 Å². The van der Waals surface area contributed by atoms with Crippen LogP contribution in [0.1, 0.15) is 37.0 Å². The lowest BCUT2D eigenvalue weighted by molar-refractivity contribution is -0.0835. The highest BCUT2D eigenvalue weighted by Gasteiger charge is 2.41. The summed E-state index contributed by atoms with van der Waals surface area (Å²) in [5.74, 6) is 3.12. The largest absolute Gasteiger partial charge is 0.374 e. The van der Waals surface area contributed by atoms with Crippen molar-refractivity contribution in [2.75, 3.05) is 18.1 Å². The van der Waals surface area contributed by atoms with Gasteiger partial charge in [-0.3, -0.25) is 0 Å². The van der Waals surface area contributed by atoms with Crippen molar-refractivity contribution in [3.63, 3.8) is 0 Å². The van der Waals surface area contributed by atoms with Gasteiger partial charge in [-0.1, -0.05) is 6.07 Å². The third-order valence-electron chi connectivity index (χ3n) is 4.74. The third kappa shape index (κ3) is 3.59. The molecule has 0 saturated carbocycles. The highest BCUT2D eigenvalue weighted by atomic mass is 32.2. The fourth-order valence-electron chi connectivity index (χ4n) is 3.50. The van der Waals surface area contributed by atoms with Gasteiger partial charge in [0.15, 0.2) is 0 Å². The molecule has 2 aliphatic heterocycles. The van der Waals surface area contributed by atoms with E-state index in [4.69, 9.17) is 10.5 Å². The van der Waals surface area contributed by atoms with Gasteiger partial charge < -0.3 is 10.5 Å². The summed E-state index contributed by atoms with van der Waals surface area (Å²) in [6, 6.07) is 4.73. The molecule has 3 unspecified atom stereocenters. The van der Waals surface area contributed by atoms with Crippen molar-refractivity contribution >= 4 is 23.1 Å². The van der Waals surface area contributed by atoms with Gasteiger partial charge in [0.2, 0.25) is 0 Å². The molecular weight excluding hydrogens is 286 g/mol. The summed E-state index contributed by atoms with van der Waals surface area (Å²) in [6.45, 7) is 0.920. The van der Waals surface area contributed by atoms with Gasteiger partial charge in [0.1, 0.15) is 0 Å². The van der Waals surface area contributed by atoms with E-state index in [9.17, 15) is 0 Å². The second kappa shape index (κ2) is 6.82. The maximum Gasteiger partial charge on any atom is 0.0783 e. The van der Waals surface area contributed by atoms with E-state index in [2.05, 4.69) is 17.5 Å². The Bertz CT molecular complexity index is 401. The fourth-order valence-corrected chi connectivity index (χ4v) is 5.63. The quantitative estimate of drug-likeness (QED) is 0.900. The Morgan fingerprint density at radius 1 is 1.50 bits per heavy atom. The van der Waals surface area contributed by atoms with E-state index in [-0.39, 0.29) is 5.60 Å². The lowest BCUT2D eigenvalue weighted by Gasteiger charge is -2.40. The zero-order chi connectivity index (χ0) is 13.8. The molecule has 4 heteroatoms. The monoisotopic (exact) mass is 311 g/mol. The number of aryl methyl sites for hydroxylation is 1. The van der Waals surface area contributed by atoms with E-state index in [1.807, 2.05) is 23.1 Å². The Morgan fingerprint density at radius 3 is 3.20 bits per heavy atom. The molecule has 1 spiro atoms. The molecule has 3 heterocycles. The minimum absolute atomic E-state index is 0.180. The van der Waals surface area contributed by atoms with Crippen molar-refractivity contribution in [2.45, 2.75) is 50.2 Å². The van der Waals surface area contributed by atoms with E-state index in [1.54, 1.807) is 0 Å². The molecule has 2 N–H and O–H groups in total. The highest BCUT2D eigenvalue weighted by molar-refractivity contribution is 7.99. The minimum atomic E-state index is 0.180. The zero-order valence-electron chi connectivity index (χ0n) is 12.1. The number of thiophene rings is 1. The Kier molecular flexibility index (Phi) is 5.08. The second-order valence-corrected chi connectivity index (χ2v) is 8.36. The Morgan fingerprint density at radius 2 is 2.45 bits per heavy atom. The molecule has 2 fully saturated rings. The number of thioether (sulfide) groups is 1. The molecule has 1 aromatic rings. The standard InChI is InChI=1S/C16H25NOS2/c17-15(5-1-3-14-4-2-9-20-14)13-6-8-18-16(11-13)7-10-19-12-16/h2,4,9,13,15H,1,3,5-8,10-12,17H2. The Balaban J connectivity index is 1.45. The molecule has 0 bridgehead atoms. The summed E-state index contributed by atoms with van der Waals surface area (Å²) in [5.41, 5.74) is 6.66. The molecule has 0 amide bonds. The molecule has 2 saturated heterocycles. The van der Waals surface area contributed by atoms with Crippen molar-refractivity contribution in [1.29, 1.82) is 0 Å². The van der Waals surface area contributed by atoms with E-state index in [0.29, 0.717) is 12.0 Å². The summed E-state index contributed by atoms with van der Waals surface area (Å²) < 4.78 is 6.10. The van der Waals surface area contributed by atoms with Crippen LogP contribution in [-0.4, -0.2) is 29.8 Å². The number of nitrogens with two attached hydrogens (primary N) is 1. The van der Waals surface area contributed by atoms with Crippen LogP contribution in [0.4, 0.5) is 0 Å². The van der Waals surface area contributed by atoms with Crippen molar-refractivity contribution in [1.82, 2.24) is 0 Å². The van der Waals surface area contributed by atoms with Crippen LogP contribution in [0.25, 0.3) is 0 Å². The summed E-state index contributed by atoms with van der Waals surface area (Å²) in [7, 11) is 0. The van der Waals surface area contributed by atoms with E-state index < -0.39 is 0 Å². The SMILES string of the molecule is NC(CCCc1cccs1)C1CCOC2(CCSC2)C1. The van der Waals surface area contributed by atoms with Gasteiger partial charge in [0, 0.05) is 23.3 Å². The summed E-state index contributed by atoms with van der Waals surface area (Å²) in [6.07, 6.45) is 7.16. The maximum atomic E-state index is 6.48. The van der Waals surface area contributed by atoms with Gasteiger partial charge in [-0.25, -0.2) is 0 Å². The number of hydrogen-bond acceptors (Lipinski definition) is 4. The lowest BCUT2D eigenvalue weighted by Crippen LogP contribution is -2.45. The molecule has 3 atom stereocenters. The van der Waals surface area contributed by atoms with Crippen molar-refractivity contribution in [2.24, 2.45) is 11.7 Å². The first-order valence-corrected chi connectivity index (χ1v) is 9.81. The average molecular weight is 312 g/mol. The number of ether oxygens (including phenoxy) is 1. The minimum Gasteiger partial charge on any atom is -0.374 e. The maximum absolute atomic E-state index is 6.48. The van der Waals surface area contributed by atoms with Gasteiger partial charge in [-0.2, -0.15) is 11.8 Å². The number of hydrogen-bond donors (Lipinski definition) is 1. The average Bonchev–Trinajstić information content (AvgIpc) is 3.11. The Labute approximate surface area is 130 Å². The van der Waals surface area contributed by atoms with Crippen molar-refractivity contribution in [3.05, 3.63) is 22.4 Å². The number of rotatable bonds is 5. The van der Waals surface area contributed by atoms with Crippen LogP contribution < -0.4 is 5.73 Å². The molecule has 0 aromatic carbocycles. The van der Waals surface area contributed by atoms with Crippen molar-refractivity contribution in [3.8, 4) is 0 Å². The van der Waals surface area contributed by atoms with Crippen LogP contribution >= 0.6 is 23.1 Å². The fraction of sp³-hybridized carbons (Fsp3) is 0.750. The molecule has 2 aliphatic rings. The normalized spacial score (nSPS) is 31.8. The first-order chi connectivity index (χ1) is 9.77. The van der Waals surface area contributed by atoms with Crippen LogP contribution in [0.15, 0.2) is 17.5 Å². The first-order valence-electron chi connectivity index (χ1n) is 7.77. The van der Waals surface area contributed by atoms with Crippen molar-refractivity contribution < 1.29 is 4.74 Å². The summed E-state index contributed by atoms with van der Waals surface area (Å²) >= 11 is 3.91. The molecule has 0 aliphatic carbocycles. The van der Waals surface area contributed by atoms with Gasteiger partial charge in [-0.05, 0) is 61.6 Å². The molecule has 20 heavy (non-hydrogen) atoms. The van der Waals surface area contributed by atoms with Gasteiger partial charge >= 0.3 is 0 Å². The molecule has 1 aromatic heterocycles. The Hall–Kier alpha value is -0.0300. The van der Waals surface area contributed by atoms with Gasteiger partial charge in [0.25, 0.3) is 0 Å². The predicted molar refractivity (Wildman–Crippen MR) is 88.6 cm³/mol. The predicted octanol–water partition coefficient (Wildman–Crippen LogP) is 3.70. The third-order valence-corrected chi connectivity index (χ3v) is 6.90. The van der Waals surface area contributed by atoms with Crippen LogP contribution in [0.5, 0.6) is 0 Å². The molecular formula is C16H25NOS2. The highest BCUT2D eigenvalue weighted by Crippen LogP contribution is 2.41.